The highest BCUT2D eigenvalue weighted by atomic mass is 32.2. The van der Waals surface area contributed by atoms with Crippen molar-refractivity contribution in [3.63, 3.8) is 0 Å². The number of aliphatic hydroxyl groups excluding tert-OH is 1. The number of aliphatic hydroxyl groups is 1. The van der Waals surface area contributed by atoms with Crippen LogP contribution < -0.4 is 0 Å². The van der Waals surface area contributed by atoms with Crippen molar-refractivity contribution in [2.75, 3.05) is 5.75 Å². The fourth-order valence-corrected chi connectivity index (χ4v) is 6.17. The topological polar surface area (TPSA) is 54.4 Å². The number of rotatable bonds is 3. The first kappa shape index (κ1) is 15.0. The number of benzene rings is 1. The van der Waals surface area contributed by atoms with Crippen LogP contribution in [0.25, 0.3) is 0 Å². The van der Waals surface area contributed by atoms with Gasteiger partial charge in [0, 0.05) is 5.92 Å². The summed E-state index contributed by atoms with van der Waals surface area (Å²) >= 11 is 0. The zero-order valence-corrected chi connectivity index (χ0v) is 13.3. The summed E-state index contributed by atoms with van der Waals surface area (Å²) in [4.78, 5) is 0.486. The zero-order chi connectivity index (χ0) is 15.0. The van der Waals surface area contributed by atoms with Crippen LogP contribution in [0.4, 0.5) is 0 Å². The molecule has 1 aromatic carbocycles. The van der Waals surface area contributed by atoms with Gasteiger partial charge in [0.1, 0.15) is 0 Å². The lowest BCUT2D eigenvalue weighted by atomic mass is 9.71. The van der Waals surface area contributed by atoms with Gasteiger partial charge in [-0.1, -0.05) is 38.0 Å². The first-order valence-corrected chi connectivity index (χ1v) is 9.68. The highest BCUT2D eigenvalue weighted by Crippen LogP contribution is 2.46. The van der Waals surface area contributed by atoms with E-state index < -0.39 is 9.84 Å². The van der Waals surface area contributed by atoms with Gasteiger partial charge in [-0.15, -0.1) is 0 Å². The minimum absolute atomic E-state index is 0.0270. The van der Waals surface area contributed by atoms with Crippen LogP contribution >= 0.6 is 0 Å². The van der Waals surface area contributed by atoms with Crippen LogP contribution in [0.15, 0.2) is 29.2 Å². The summed E-state index contributed by atoms with van der Waals surface area (Å²) in [5.41, 5.74) is 0.929. The van der Waals surface area contributed by atoms with Gasteiger partial charge in [-0.05, 0) is 42.7 Å². The lowest BCUT2D eigenvalue weighted by Gasteiger charge is -2.36. The maximum Gasteiger partial charge on any atom is 0.179 e. The van der Waals surface area contributed by atoms with Crippen LogP contribution in [-0.2, 0) is 9.84 Å². The third-order valence-electron chi connectivity index (χ3n) is 5.24. The Balaban J connectivity index is 1.90. The zero-order valence-electron chi connectivity index (χ0n) is 12.5. The minimum atomic E-state index is -3.17. The molecule has 1 aromatic rings. The molecule has 1 fully saturated rings. The molecule has 21 heavy (non-hydrogen) atoms. The molecule has 4 unspecified atom stereocenters. The molecule has 1 aliphatic carbocycles. The fraction of sp³-hybridized carbons (Fsp3) is 0.647. The molecule has 3 rings (SSSR count). The van der Waals surface area contributed by atoms with Crippen LogP contribution in [0.5, 0.6) is 0 Å². The second kappa shape index (κ2) is 5.73. The standard InChI is InChI=1S/C17H24O3S/c1-2-5-12-8-9-16(18)14(10-12)15-11-21(19,20)17-7-4-3-6-13(15)17/h3-4,6-7,12,14-16,18H,2,5,8-11H2,1H3. The number of hydrogen-bond acceptors (Lipinski definition) is 3. The Labute approximate surface area is 127 Å². The van der Waals surface area contributed by atoms with E-state index >= 15 is 0 Å². The predicted molar refractivity (Wildman–Crippen MR) is 83.0 cm³/mol. The second-order valence-electron chi connectivity index (χ2n) is 6.62. The van der Waals surface area contributed by atoms with Gasteiger partial charge < -0.3 is 5.11 Å². The summed E-state index contributed by atoms with van der Waals surface area (Å²) in [5, 5.41) is 10.4. The van der Waals surface area contributed by atoms with Gasteiger partial charge in [0.05, 0.1) is 16.8 Å². The average molecular weight is 308 g/mol. The first-order chi connectivity index (χ1) is 10.0. The van der Waals surface area contributed by atoms with Gasteiger partial charge >= 0.3 is 0 Å². The van der Waals surface area contributed by atoms with Gasteiger partial charge in [0.25, 0.3) is 0 Å². The normalized spacial score (nSPS) is 34.6. The Morgan fingerprint density at radius 1 is 1.24 bits per heavy atom. The summed E-state index contributed by atoms with van der Waals surface area (Å²) in [6.07, 6.45) is 4.84. The van der Waals surface area contributed by atoms with Gasteiger partial charge in [0.15, 0.2) is 9.84 Å². The Morgan fingerprint density at radius 3 is 2.76 bits per heavy atom. The summed E-state index contributed by atoms with van der Waals surface area (Å²) < 4.78 is 24.7. The van der Waals surface area contributed by atoms with E-state index in [0.717, 1.165) is 31.2 Å². The monoisotopic (exact) mass is 308 g/mol. The van der Waals surface area contributed by atoms with E-state index in [2.05, 4.69) is 6.92 Å². The highest BCUT2D eigenvalue weighted by molar-refractivity contribution is 7.91. The molecule has 0 aromatic heterocycles. The Hall–Kier alpha value is -0.870. The van der Waals surface area contributed by atoms with Crippen molar-refractivity contribution in [3.8, 4) is 0 Å². The van der Waals surface area contributed by atoms with Crippen LogP contribution in [0.2, 0.25) is 0 Å². The molecule has 4 heteroatoms. The number of hydrogen-bond donors (Lipinski definition) is 1. The average Bonchev–Trinajstić information content (AvgIpc) is 2.74. The fourth-order valence-electron chi connectivity index (χ4n) is 4.22. The summed E-state index contributed by atoms with van der Waals surface area (Å²) in [7, 11) is -3.17. The molecule has 0 saturated heterocycles. The van der Waals surface area contributed by atoms with Crippen LogP contribution in [0.3, 0.4) is 0 Å². The maximum absolute atomic E-state index is 12.3. The minimum Gasteiger partial charge on any atom is -0.393 e. The molecule has 116 valence electrons. The molecule has 0 bridgehead atoms. The van der Waals surface area contributed by atoms with E-state index in [1.54, 1.807) is 12.1 Å². The highest BCUT2D eigenvalue weighted by Gasteiger charge is 2.43. The number of fused-ring (bicyclic) bond motifs is 1. The van der Waals surface area contributed by atoms with Gasteiger partial charge in [-0.2, -0.15) is 0 Å². The van der Waals surface area contributed by atoms with Crippen molar-refractivity contribution in [3.05, 3.63) is 29.8 Å². The van der Waals surface area contributed by atoms with E-state index in [-0.39, 0.29) is 23.7 Å². The molecule has 1 aliphatic heterocycles. The van der Waals surface area contributed by atoms with Gasteiger partial charge in [0.2, 0.25) is 0 Å². The molecule has 0 spiro atoms. The van der Waals surface area contributed by atoms with Gasteiger partial charge in [-0.3, -0.25) is 0 Å². The molecule has 4 atom stereocenters. The quantitative estimate of drug-likeness (QED) is 0.933. The molecule has 1 N–H and O–H groups in total. The third-order valence-corrected chi connectivity index (χ3v) is 7.08. The second-order valence-corrected chi connectivity index (χ2v) is 8.63. The molecule has 1 saturated carbocycles. The van der Waals surface area contributed by atoms with E-state index in [1.807, 2.05) is 12.1 Å². The van der Waals surface area contributed by atoms with E-state index in [4.69, 9.17) is 0 Å². The summed E-state index contributed by atoms with van der Waals surface area (Å²) in [5.74, 6) is 0.876. The van der Waals surface area contributed by atoms with Crippen molar-refractivity contribution in [2.45, 2.75) is 55.9 Å². The SMILES string of the molecule is CCCC1CCC(O)C(C2CS(=O)(=O)c3ccccc32)C1. The molecular formula is C17H24O3S. The Bertz CT molecular complexity index is 608. The molecule has 0 radical (unpaired) electrons. The number of sulfone groups is 1. The summed E-state index contributed by atoms with van der Waals surface area (Å²) in [6, 6.07) is 7.34. The molecule has 3 nitrogen and oxygen atoms in total. The van der Waals surface area contributed by atoms with Crippen LogP contribution in [0, 0.1) is 11.8 Å². The third kappa shape index (κ3) is 2.76. The Kier molecular flexibility index (Phi) is 4.10. The lowest BCUT2D eigenvalue weighted by Crippen LogP contribution is -2.34. The van der Waals surface area contributed by atoms with E-state index in [1.165, 1.54) is 6.42 Å². The largest absolute Gasteiger partial charge is 0.393 e. The maximum atomic E-state index is 12.3. The smallest absolute Gasteiger partial charge is 0.179 e. The molecular weight excluding hydrogens is 284 g/mol. The first-order valence-electron chi connectivity index (χ1n) is 8.02. The summed E-state index contributed by atoms with van der Waals surface area (Å²) in [6.45, 7) is 2.19. The lowest BCUT2D eigenvalue weighted by molar-refractivity contribution is 0.0355. The van der Waals surface area contributed by atoms with Crippen molar-refractivity contribution < 1.29 is 13.5 Å². The van der Waals surface area contributed by atoms with Crippen LogP contribution in [-0.4, -0.2) is 25.4 Å². The van der Waals surface area contributed by atoms with E-state index in [9.17, 15) is 13.5 Å². The molecule has 0 amide bonds. The predicted octanol–water partition coefficient (Wildman–Crippen LogP) is 3.13. The Morgan fingerprint density at radius 2 is 2.00 bits per heavy atom. The van der Waals surface area contributed by atoms with Gasteiger partial charge in [-0.25, -0.2) is 8.42 Å². The molecule has 1 heterocycles. The van der Waals surface area contributed by atoms with Crippen molar-refractivity contribution in [1.29, 1.82) is 0 Å². The van der Waals surface area contributed by atoms with E-state index in [0.29, 0.717) is 10.8 Å². The van der Waals surface area contributed by atoms with Crippen molar-refractivity contribution in [1.82, 2.24) is 0 Å². The van der Waals surface area contributed by atoms with Crippen molar-refractivity contribution >= 4 is 9.84 Å². The van der Waals surface area contributed by atoms with Crippen LogP contribution in [0.1, 0.15) is 50.5 Å². The molecule has 2 aliphatic rings. The van der Waals surface area contributed by atoms with Crippen molar-refractivity contribution in [2.24, 2.45) is 11.8 Å².